The summed E-state index contributed by atoms with van der Waals surface area (Å²) in [6.45, 7) is 3.75. The summed E-state index contributed by atoms with van der Waals surface area (Å²) < 4.78 is 62.7. The topological polar surface area (TPSA) is 72.0 Å². The van der Waals surface area contributed by atoms with Crippen LogP contribution >= 0.6 is 0 Å². The number of hydrogen-bond acceptors (Lipinski definition) is 3. The average Bonchev–Trinajstić information content (AvgIpc) is 2.88. The predicted octanol–water partition coefficient (Wildman–Crippen LogP) is 1.71. The van der Waals surface area contributed by atoms with Gasteiger partial charge in [-0.25, -0.2) is 13.9 Å². The van der Waals surface area contributed by atoms with Crippen molar-refractivity contribution in [2.45, 2.75) is 57.6 Å². The summed E-state index contributed by atoms with van der Waals surface area (Å²) in [4.78, 5) is 11.2. The normalized spacial score (nSPS) is 12.3. The summed E-state index contributed by atoms with van der Waals surface area (Å²) in [6, 6.07) is 0. The van der Waals surface area contributed by atoms with Crippen LogP contribution in [0.15, 0.2) is 18.7 Å². The first-order valence-corrected chi connectivity index (χ1v) is 8.81. The zero-order chi connectivity index (χ0) is 17.5. The first-order valence-electron chi connectivity index (χ1n) is 7.32. The molecule has 0 unspecified atom stereocenters. The first-order chi connectivity index (χ1) is 10.7. The van der Waals surface area contributed by atoms with Gasteiger partial charge in [0.15, 0.2) is 0 Å². The summed E-state index contributed by atoms with van der Waals surface area (Å²) >= 11 is 0. The maximum Gasteiger partial charge on any atom is 0.516 e. The van der Waals surface area contributed by atoms with Crippen molar-refractivity contribution in [1.82, 2.24) is 9.29 Å². The molecule has 0 aliphatic heterocycles. The highest BCUT2D eigenvalue weighted by atomic mass is 32.2. The second-order valence-corrected chi connectivity index (χ2v) is 6.79. The van der Waals surface area contributed by atoms with E-state index in [9.17, 15) is 26.4 Å². The summed E-state index contributed by atoms with van der Waals surface area (Å²) in [5, 5.41) is 0. The SMILES string of the molecule is CCn1cc[n+](CCCCCCC(=O)NS(=O)(=O)C(F)(F)F)c1. The van der Waals surface area contributed by atoms with E-state index in [1.165, 1.54) is 0 Å². The van der Waals surface area contributed by atoms with Crippen molar-refractivity contribution in [2.75, 3.05) is 0 Å². The highest BCUT2D eigenvalue weighted by molar-refractivity contribution is 7.90. The average molecular weight is 356 g/mol. The van der Waals surface area contributed by atoms with Crippen LogP contribution in [0, 0.1) is 0 Å². The third-order valence-corrected chi connectivity index (χ3v) is 4.34. The van der Waals surface area contributed by atoms with Crippen LogP contribution in [0.2, 0.25) is 0 Å². The van der Waals surface area contributed by atoms with E-state index in [-0.39, 0.29) is 6.42 Å². The van der Waals surface area contributed by atoms with Gasteiger partial charge in [-0.1, -0.05) is 6.42 Å². The van der Waals surface area contributed by atoms with Gasteiger partial charge in [0.2, 0.25) is 12.2 Å². The molecule has 10 heteroatoms. The number of nitrogens with one attached hydrogen (secondary N) is 1. The molecule has 0 saturated carbocycles. The molecule has 1 heterocycles. The third-order valence-electron chi connectivity index (χ3n) is 3.23. The Hall–Kier alpha value is -1.58. The quantitative estimate of drug-likeness (QED) is 0.541. The fraction of sp³-hybridized carbons (Fsp3) is 0.692. The van der Waals surface area contributed by atoms with Crippen LogP contribution in [0.4, 0.5) is 13.2 Å². The number of aryl methyl sites for hydroxylation is 2. The number of sulfonamides is 1. The molecule has 0 atom stereocenters. The fourth-order valence-corrected chi connectivity index (χ4v) is 2.47. The van der Waals surface area contributed by atoms with Gasteiger partial charge in [0, 0.05) is 6.42 Å². The van der Waals surface area contributed by atoms with Gasteiger partial charge in [-0.15, -0.1) is 0 Å². The Labute approximate surface area is 133 Å². The molecular formula is C13H21F3N3O3S+. The third kappa shape index (κ3) is 6.59. The lowest BCUT2D eigenvalue weighted by atomic mass is 10.1. The van der Waals surface area contributed by atoms with Gasteiger partial charge in [0.25, 0.3) is 0 Å². The molecule has 23 heavy (non-hydrogen) atoms. The first kappa shape index (κ1) is 19.5. The van der Waals surface area contributed by atoms with E-state index in [2.05, 4.69) is 0 Å². The predicted molar refractivity (Wildman–Crippen MR) is 76.5 cm³/mol. The maximum absolute atomic E-state index is 12.1. The zero-order valence-electron chi connectivity index (χ0n) is 12.8. The van der Waals surface area contributed by atoms with Crippen molar-refractivity contribution >= 4 is 15.9 Å². The number of carbonyl (C=O) groups excluding carboxylic acids is 1. The van der Waals surface area contributed by atoms with E-state index < -0.39 is 21.4 Å². The number of amides is 1. The van der Waals surface area contributed by atoms with Crippen molar-refractivity contribution in [1.29, 1.82) is 0 Å². The molecule has 0 spiro atoms. The van der Waals surface area contributed by atoms with Crippen LogP contribution in [0.5, 0.6) is 0 Å². The molecule has 0 aliphatic rings. The Kier molecular flexibility index (Phi) is 7.04. The Morgan fingerprint density at radius 3 is 2.43 bits per heavy atom. The second-order valence-electron chi connectivity index (χ2n) is 5.12. The van der Waals surface area contributed by atoms with E-state index >= 15 is 0 Å². The minimum atomic E-state index is -5.59. The molecular weight excluding hydrogens is 335 g/mol. The van der Waals surface area contributed by atoms with Crippen molar-refractivity contribution in [3.8, 4) is 0 Å². The molecule has 1 aromatic rings. The van der Waals surface area contributed by atoms with Crippen molar-refractivity contribution in [2.24, 2.45) is 0 Å². The number of nitrogens with zero attached hydrogens (tertiary/aromatic N) is 2. The number of imidazole rings is 1. The van der Waals surface area contributed by atoms with Crippen LogP contribution in [0.3, 0.4) is 0 Å². The number of rotatable bonds is 9. The number of carbonyl (C=O) groups is 1. The van der Waals surface area contributed by atoms with Crippen LogP contribution < -0.4 is 9.29 Å². The summed E-state index contributed by atoms with van der Waals surface area (Å²) in [5.74, 6) is -1.13. The lowest BCUT2D eigenvalue weighted by Gasteiger charge is -2.09. The minimum Gasteiger partial charge on any atom is -0.274 e. The van der Waals surface area contributed by atoms with Gasteiger partial charge in [0.05, 0.1) is 13.1 Å². The zero-order valence-corrected chi connectivity index (χ0v) is 13.7. The molecule has 0 fully saturated rings. The molecule has 0 aromatic carbocycles. The number of aromatic nitrogens is 2. The van der Waals surface area contributed by atoms with Gasteiger partial charge >= 0.3 is 15.5 Å². The molecule has 0 saturated heterocycles. The Bertz CT molecular complexity index is 611. The van der Waals surface area contributed by atoms with E-state index in [4.69, 9.17) is 0 Å². The number of hydrogen-bond donors (Lipinski definition) is 1. The second kappa shape index (κ2) is 8.32. The summed E-state index contributed by atoms with van der Waals surface area (Å²) in [5.41, 5.74) is -5.46. The van der Waals surface area contributed by atoms with Crippen LogP contribution in [-0.4, -0.2) is 24.4 Å². The van der Waals surface area contributed by atoms with E-state index in [0.29, 0.717) is 12.8 Å². The van der Waals surface area contributed by atoms with E-state index in [1.807, 2.05) is 34.8 Å². The lowest BCUT2D eigenvalue weighted by Crippen LogP contribution is -2.40. The Balaban J connectivity index is 2.16. The smallest absolute Gasteiger partial charge is 0.274 e. The van der Waals surface area contributed by atoms with Crippen LogP contribution in [0.1, 0.15) is 39.0 Å². The van der Waals surface area contributed by atoms with Gasteiger partial charge in [-0.2, -0.15) is 21.6 Å². The lowest BCUT2D eigenvalue weighted by molar-refractivity contribution is -0.696. The standard InChI is InChI=1S/C13H20F3N3O3S/c1-2-18-9-10-19(11-18)8-6-4-3-5-7-12(20)17-23(21,22)13(14,15)16/h9-11H,2-8H2,1H3/p+1. The molecule has 6 nitrogen and oxygen atoms in total. The monoisotopic (exact) mass is 356 g/mol. The van der Waals surface area contributed by atoms with Crippen molar-refractivity contribution < 1.29 is 31.0 Å². The number of alkyl halides is 3. The Morgan fingerprint density at radius 1 is 1.22 bits per heavy atom. The van der Waals surface area contributed by atoms with Crippen molar-refractivity contribution in [3.05, 3.63) is 18.7 Å². The van der Waals surface area contributed by atoms with Gasteiger partial charge < -0.3 is 0 Å². The molecule has 1 aromatic heterocycles. The number of unbranched alkanes of at least 4 members (excludes halogenated alkanes) is 3. The van der Waals surface area contributed by atoms with Gasteiger partial charge in [-0.3, -0.25) is 4.79 Å². The minimum absolute atomic E-state index is 0.241. The highest BCUT2D eigenvalue weighted by Crippen LogP contribution is 2.21. The molecule has 1 amide bonds. The van der Waals surface area contributed by atoms with Crippen LogP contribution in [0.25, 0.3) is 0 Å². The molecule has 0 aliphatic carbocycles. The molecule has 1 rings (SSSR count). The number of halogens is 3. The maximum atomic E-state index is 12.1. The molecule has 132 valence electrons. The molecule has 0 radical (unpaired) electrons. The summed E-state index contributed by atoms with van der Waals surface area (Å²) in [7, 11) is -5.59. The van der Waals surface area contributed by atoms with Gasteiger partial charge in [-0.05, 0) is 26.2 Å². The summed E-state index contributed by atoms with van der Waals surface area (Å²) in [6.07, 6.45) is 8.34. The Morgan fingerprint density at radius 2 is 1.87 bits per heavy atom. The largest absolute Gasteiger partial charge is 0.516 e. The van der Waals surface area contributed by atoms with Crippen molar-refractivity contribution in [3.63, 3.8) is 0 Å². The highest BCUT2D eigenvalue weighted by Gasteiger charge is 2.46. The van der Waals surface area contributed by atoms with Gasteiger partial charge in [0.1, 0.15) is 12.4 Å². The fourth-order valence-electron chi connectivity index (χ4n) is 1.95. The van der Waals surface area contributed by atoms with E-state index in [0.717, 1.165) is 30.7 Å². The van der Waals surface area contributed by atoms with Crippen LogP contribution in [-0.2, 0) is 27.9 Å². The molecule has 0 bridgehead atoms. The molecule has 1 N–H and O–H groups in total. The van der Waals surface area contributed by atoms with E-state index in [1.54, 1.807) is 0 Å².